The molecule has 1 atom stereocenters. The maximum Gasteiger partial charge on any atom is 0.272 e. The van der Waals surface area contributed by atoms with Crippen molar-refractivity contribution in [3.8, 4) is 0 Å². The smallest absolute Gasteiger partial charge is 0.272 e. The third-order valence-corrected chi connectivity index (χ3v) is 5.90. The van der Waals surface area contributed by atoms with Crippen molar-refractivity contribution >= 4 is 11.8 Å². The molecule has 6 nitrogen and oxygen atoms in total. The van der Waals surface area contributed by atoms with Crippen LogP contribution in [0.15, 0.2) is 12.5 Å². The van der Waals surface area contributed by atoms with Crippen LogP contribution in [-0.4, -0.2) is 45.9 Å². The second kappa shape index (κ2) is 5.35. The van der Waals surface area contributed by atoms with Crippen molar-refractivity contribution in [1.82, 2.24) is 19.8 Å². The predicted octanol–water partition coefficient (Wildman–Crippen LogP) is 1.19. The molecule has 0 radical (unpaired) electrons. The Balaban J connectivity index is 1.48. The molecule has 1 N–H and O–H groups in total. The van der Waals surface area contributed by atoms with Gasteiger partial charge >= 0.3 is 0 Å². The number of carbonyl (C=O) groups is 2. The van der Waals surface area contributed by atoms with Gasteiger partial charge in [-0.2, -0.15) is 0 Å². The van der Waals surface area contributed by atoms with Crippen molar-refractivity contribution in [3.63, 3.8) is 0 Å². The summed E-state index contributed by atoms with van der Waals surface area (Å²) in [6.07, 6.45) is 9.01. The van der Waals surface area contributed by atoms with Crippen molar-refractivity contribution in [2.45, 2.75) is 32.1 Å². The summed E-state index contributed by atoms with van der Waals surface area (Å²) in [5, 5.41) is 3.12. The van der Waals surface area contributed by atoms with E-state index in [-0.39, 0.29) is 23.1 Å². The number of aromatic nitrogens is 2. The predicted molar refractivity (Wildman–Crippen MR) is 84.6 cm³/mol. The number of nitrogens with zero attached hydrogens (tertiary/aromatic N) is 3. The molecule has 1 aliphatic heterocycles. The second-order valence-corrected chi connectivity index (χ2v) is 7.53. The van der Waals surface area contributed by atoms with Crippen LogP contribution in [0.3, 0.4) is 0 Å². The van der Waals surface area contributed by atoms with Crippen LogP contribution in [0.25, 0.3) is 0 Å². The second-order valence-electron chi connectivity index (χ2n) is 7.53. The molecular formula is C17H24N4O2. The number of nitrogens with one attached hydrogen (secondary N) is 1. The molecule has 0 bridgehead atoms. The highest BCUT2D eigenvalue weighted by molar-refractivity contribution is 5.93. The van der Waals surface area contributed by atoms with E-state index < -0.39 is 0 Å². The molecular weight excluding hydrogens is 292 g/mol. The molecule has 1 spiro atoms. The molecule has 3 aliphatic rings. The van der Waals surface area contributed by atoms with E-state index in [2.05, 4.69) is 10.3 Å². The van der Waals surface area contributed by atoms with Crippen molar-refractivity contribution in [2.75, 3.05) is 19.6 Å². The number of imidazole rings is 1. The first-order valence-corrected chi connectivity index (χ1v) is 8.62. The van der Waals surface area contributed by atoms with Gasteiger partial charge in [0.05, 0.1) is 18.4 Å². The lowest BCUT2D eigenvalue weighted by molar-refractivity contribution is -0.129. The summed E-state index contributed by atoms with van der Waals surface area (Å²) in [7, 11) is 1.83. The van der Waals surface area contributed by atoms with Gasteiger partial charge in [-0.1, -0.05) is 6.42 Å². The van der Waals surface area contributed by atoms with Gasteiger partial charge in [-0.3, -0.25) is 9.59 Å². The van der Waals surface area contributed by atoms with Crippen LogP contribution in [0, 0.1) is 17.3 Å². The van der Waals surface area contributed by atoms with Crippen LogP contribution in [0.1, 0.15) is 42.6 Å². The minimum atomic E-state index is -0.0489. The summed E-state index contributed by atoms with van der Waals surface area (Å²) < 4.78 is 1.75. The lowest BCUT2D eigenvalue weighted by Crippen LogP contribution is -2.45. The Hall–Kier alpha value is -1.85. The zero-order valence-corrected chi connectivity index (χ0v) is 13.6. The molecule has 23 heavy (non-hydrogen) atoms. The summed E-state index contributed by atoms with van der Waals surface area (Å²) in [6, 6.07) is 0. The fourth-order valence-electron chi connectivity index (χ4n) is 4.04. The van der Waals surface area contributed by atoms with Gasteiger partial charge in [-0.05, 0) is 31.6 Å². The van der Waals surface area contributed by atoms with Gasteiger partial charge in [0.2, 0.25) is 5.91 Å². The van der Waals surface area contributed by atoms with Crippen molar-refractivity contribution in [1.29, 1.82) is 0 Å². The van der Waals surface area contributed by atoms with Gasteiger partial charge < -0.3 is 14.8 Å². The van der Waals surface area contributed by atoms with E-state index in [1.54, 1.807) is 17.1 Å². The van der Waals surface area contributed by atoms with Crippen molar-refractivity contribution in [2.24, 2.45) is 24.3 Å². The highest BCUT2D eigenvalue weighted by Gasteiger charge is 2.54. The number of hydrogen-bond donors (Lipinski definition) is 1. The topological polar surface area (TPSA) is 67.2 Å². The van der Waals surface area contributed by atoms with Crippen LogP contribution in [-0.2, 0) is 11.8 Å². The molecule has 0 aromatic carbocycles. The fourth-order valence-corrected chi connectivity index (χ4v) is 4.04. The molecule has 2 heterocycles. The van der Waals surface area contributed by atoms with E-state index in [9.17, 15) is 9.59 Å². The van der Waals surface area contributed by atoms with Crippen molar-refractivity contribution < 1.29 is 9.59 Å². The third-order valence-electron chi connectivity index (χ3n) is 5.90. The molecule has 6 heteroatoms. The fraction of sp³-hybridized carbons (Fsp3) is 0.706. The first-order valence-electron chi connectivity index (χ1n) is 8.62. The Labute approximate surface area is 136 Å². The lowest BCUT2D eigenvalue weighted by Gasteiger charge is -2.41. The van der Waals surface area contributed by atoms with E-state index in [4.69, 9.17) is 0 Å². The maximum atomic E-state index is 12.7. The molecule has 1 aromatic heterocycles. The summed E-state index contributed by atoms with van der Waals surface area (Å²) in [4.78, 5) is 31.3. The number of amides is 2. The van der Waals surface area contributed by atoms with Crippen LogP contribution in [0.2, 0.25) is 0 Å². The Kier molecular flexibility index (Phi) is 3.43. The monoisotopic (exact) mass is 316 g/mol. The van der Waals surface area contributed by atoms with Gasteiger partial charge in [0, 0.05) is 32.1 Å². The largest absolute Gasteiger partial charge is 0.356 e. The lowest BCUT2D eigenvalue weighted by atomic mass is 9.62. The molecule has 1 unspecified atom stereocenters. The molecule has 2 amide bonds. The van der Waals surface area contributed by atoms with E-state index in [0.717, 1.165) is 19.4 Å². The van der Waals surface area contributed by atoms with Crippen LogP contribution < -0.4 is 5.32 Å². The molecule has 4 rings (SSSR count). The first kappa shape index (κ1) is 14.7. The van der Waals surface area contributed by atoms with E-state index in [1.807, 2.05) is 11.9 Å². The summed E-state index contributed by atoms with van der Waals surface area (Å²) in [5.74, 6) is 0.780. The molecule has 124 valence electrons. The van der Waals surface area contributed by atoms with Gasteiger partial charge in [0.25, 0.3) is 5.91 Å². The van der Waals surface area contributed by atoms with Crippen molar-refractivity contribution in [3.05, 3.63) is 18.2 Å². The van der Waals surface area contributed by atoms with E-state index in [0.29, 0.717) is 24.7 Å². The summed E-state index contributed by atoms with van der Waals surface area (Å²) in [5.41, 5.74) is 0.612. The zero-order valence-electron chi connectivity index (χ0n) is 13.6. The Morgan fingerprint density at radius 2 is 2.17 bits per heavy atom. The van der Waals surface area contributed by atoms with Gasteiger partial charge in [0.15, 0.2) is 0 Å². The van der Waals surface area contributed by atoms with Gasteiger partial charge in [-0.25, -0.2) is 4.98 Å². The molecule has 1 saturated heterocycles. The van der Waals surface area contributed by atoms with E-state index in [1.165, 1.54) is 19.3 Å². The highest BCUT2D eigenvalue weighted by Crippen LogP contribution is 2.52. The van der Waals surface area contributed by atoms with Crippen LogP contribution in [0.5, 0.6) is 0 Å². The number of likely N-dealkylation sites (tertiary alicyclic amines) is 1. The molecule has 2 saturated carbocycles. The maximum absolute atomic E-state index is 12.7. The van der Waals surface area contributed by atoms with Crippen LogP contribution >= 0.6 is 0 Å². The summed E-state index contributed by atoms with van der Waals surface area (Å²) >= 11 is 0. The SMILES string of the molecule is Cn1cncc1C(=O)N1CC(C(=O)NCC2CC2)C2(CCC2)C1. The van der Waals surface area contributed by atoms with Gasteiger partial charge in [0.1, 0.15) is 5.69 Å². The molecule has 2 aliphatic carbocycles. The third kappa shape index (κ3) is 2.54. The Bertz CT molecular complexity index is 630. The number of rotatable bonds is 4. The quantitative estimate of drug-likeness (QED) is 0.907. The molecule has 3 fully saturated rings. The van der Waals surface area contributed by atoms with Gasteiger partial charge in [-0.15, -0.1) is 0 Å². The average molecular weight is 316 g/mol. The first-order chi connectivity index (χ1) is 11.1. The number of aryl methyl sites for hydroxylation is 1. The minimum absolute atomic E-state index is 0.00577. The normalized spacial score (nSPS) is 25.4. The standard InChI is InChI=1S/C17H24N4O2/c1-20-11-18-8-14(20)16(23)21-9-13(17(10-21)5-2-6-17)15(22)19-7-12-3-4-12/h8,11-13H,2-7,9-10H2,1H3,(H,19,22). The minimum Gasteiger partial charge on any atom is -0.356 e. The highest BCUT2D eigenvalue weighted by atomic mass is 16.2. The zero-order chi connectivity index (χ0) is 16.0. The number of hydrogen-bond acceptors (Lipinski definition) is 3. The van der Waals surface area contributed by atoms with Crippen LogP contribution in [0.4, 0.5) is 0 Å². The Morgan fingerprint density at radius 3 is 2.74 bits per heavy atom. The van der Waals surface area contributed by atoms with E-state index >= 15 is 0 Å². The summed E-state index contributed by atoms with van der Waals surface area (Å²) in [6.45, 7) is 2.06. The number of carbonyl (C=O) groups excluding carboxylic acids is 2. The Morgan fingerprint density at radius 1 is 1.39 bits per heavy atom. The molecule has 1 aromatic rings. The average Bonchev–Trinajstić information content (AvgIpc) is 3.07.